The van der Waals surface area contributed by atoms with Crippen LogP contribution in [0.15, 0.2) is 4.99 Å². The Hall–Kier alpha value is -0.820. The quantitative estimate of drug-likeness (QED) is 0.322. The van der Waals surface area contributed by atoms with Crippen molar-refractivity contribution in [3.63, 3.8) is 0 Å². The van der Waals surface area contributed by atoms with Crippen LogP contribution in [0.1, 0.15) is 59.8 Å². The monoisotopic (exact) mass is 348 g/mol. The largest absolute Gasteiger partial charge is 0.355 e. The van der Waals surface area contributed by atoms with Gasteiger partial charge in [-0.05, 0) is 13.3 Å². The molecule has 0 aliphatic heterocycles. The van der Waals surface area contributed by atoms with Crippen LogP contribution in [-0.2, 0) is 10.0 Å². The number of rotatable bonds is 12. The molecule has 0 bridgehead atoms. The first-order valence-corrected chi connectivity index (χ1v) is 10.5. The van der Waals surface area contributed by atoms with Crippen molar-refractivity contribution >= 4 is 16.0 Å². The van der Waals surface area contributed by atoms with Crippen LogP contribution < -0.4 is 10.6 Å². The van der Waals surface area contributed by atoms with Crippen molar-refractivity contribution < 1.29 is 8.42 Å². The molecule has 0 amide bonds. The topological polar surface area (TPSA) is 73.8 Å². The number of nitrogens with one attached hydrogen (secondary N) is 2. The van der Waals surface area contributed by atoms with Crippen LogP contribution in [0.2, 0.25) is 0 Å². The van der Waals surface area contributed by atoms with Crippen molar-refractivity contribution in [1.29, 1.82) is 0 Å². The van der Waals surface area contributed by atoms with Crippen molar-refractivity contribution in [2.75, 3.05) is 32.4 Å². The summed E-state index contributed by atoms with van der Waals surface area (Å²) in [5.74, 6) is 0.753. The Labute approximate surface area is 143 Å². The molecule has 0 aromatic heterocycles. The van der Waals surface area contributed by atoms with Gasteiger partial charge in [-0.1, -0.05) is 46.5 Å². The number of hydrogen-bond acceptors (Lipinski definition) is 3. The molecular formula is C16H36N4O2S. The summed E-state index contributed by atoms with van der Waals surface area (Å²) in [7, 11) is -1.48. The summed E-state index contributed by atoms with van der Waals surface area (Å²) in [6.45, 7) is 9.44. The van der Waals surface area contributed by atoms with Gasteiger partial charge in [0, 0.05) is 32.7 Å². The molecule has 2 N–H and O–H groups in total. The molecule has 0 heterocycles. The van der Waals surface area contributed by atoms with Crippen LogP contribution in [0.4, 0.5) is 0 Å². The van der Waals surface area contributed by atoms with Crippen molar-refractivity contribution in [2.45, 2.75) is 65.8 Å². The Morgan fingerprint density at radius 1 is 1.13 bits per heavy atom. The summed E-state index contributed by atoms with van der Waals surface area (Å²) in [5, 5.41) is 6.41. The molecule has 7 heteroatoms. The first-order chi connectivity index (χ1) is 10.9. The fraction of sp³-hybridized carbons (Fsp3) is 0.938. The van der Waals surface area contributed by atoms with Gasteiger partial charge in [0.1, 0.15) is 0 Å². The molecule has 0 aliphatic rings. The molecule has 1 atom stereocenters. The Kier molecular flexibility index (Phi) is 12.1. The van der Waals surface area contributed by atoms with Gasteiger partial charge in [0.15, 0.2) is 5.96 Å². The molecule has 0 spiro atoms. The van der Waals surface area contributed by atoms with Gasteiger partial charge < -0.3 is 10.6 Å². The van der Waals surface area contributed by atoms with Gasteiger partial charge in [0.05, 0.1) is 5.75 Å². The van der Waals surface area contributed by atoms with Crippen molar-refractivity contribution in [2.24, 2.45) is 4.99 Å². The van der Waals surface area contributed by atoms with E-state index in [0.717, 1.165) is 6.42 Å². The van der Waals surface area contributed by atoms with Gasteiger partial charge in [-0.2, -0.15) is 0 Å². The summed E-state index contributed by atoms with van der Waals surface area (Å²) in [6, 6.07) is 0.331. The van der Waals surface area contributed by atoms with E-state index in [1.165, 1.54) is 30.0 Å². The lowest BCUT2D eigenvalue weighted by Gasteiger charge is -2.20. The van der Waals surface area contributed by atoms with Crippen molar-refractivity contribution in [3.05, 3.63) is 0 Å². The van der Waals surface area contributed by atoms with Gasteiger partial charge in [-0.25, -0.2) is 12.7 Å². The average molecular weight is 349 g/mol. The van der Waals surface area contributed by atoms with E-state index in [4.69, 9.17) is 0 Å². The summed E-state index contributed by atoms with van der Waals surface area (Å²) in [4.78, 5) is 4.16. The summed E-state index contributed by atoms with van der Waals surface area (Å²) in [5.41, 5.74) is 0. The highest BCUT2D eigenvalue weighted by molar-refractivity contribution is 7.89. The molecule has 0 aromatic rings. The van der Waals surface area contributed by atoms with Crippen LogP contribution in [-0.4, -0.2) is 57.2 Å². The second-order valence-electron chi connectivity index (χ2n) is 5.79. The average Bonchev–Trinajstić information content (AvgIpc) is 2.51. The zero-order valence-electron chi connectivity index (χ0n) is 15.6. The van der Waals surface area contributed by atoms with E-state index >= 15 is 0 Å². The molecule has 6 nitrogen and oxygen atoms in total. The van der Waals surface area contributed by atoms with Gasteiger partial charge >= 0.3 is 0 Å². The van der Waals surface area contributed by atoms with E-state index in [2.05, 4.69) is 29.5 Å². The smallest absolute Gasteiger partial charge is 0.215 e. The molecule has 0 radical (unpaired) electrons. The highest BCUT2D eigenvalue weighted by Crippen LogP contribution is 2.05. The zero-order valence-corrected chi connectivity index (χ0v) is 16.4. The fourth-order valence-corrected chi connectivity index (χ4v) is 3.83. The first-order valence-electron chi connectivity index (χ1n) is 8.86. The van der Waals surface area contributed by atoms with Crippen LogP contribution in [0.3, 0.4) is 0 Å². The predicted octanol–water partition coefficient (Wildman–Crippen LogP) is 2.18. The summed E-state index contributed by atoms with van der Waals surface area (Å²) >= 11 is 0. The van der Waals surface area contributed by atoms with E-state index in [-0.39, 0.29) is 5.75 Å². The SMILES string of the molecule is CCCCCCC(C)NC(=NC)NCCS(=O)(=O)N(CC)CC. The number of nitrogens with zero attached hydrogens (tertiary/aromatic N) is 2. The number of aliphatic imine (C=N–C) groups is 1. The van der Waals surface area contributed by atoms with E-state index < -0.39 is 10.0 Å². The minimum Gasteiger partial charge on any atom is -0.355 e. The maximum Gasteiger partial charge on any atom is 0.215 e. The lowest BCUT2D eigenvalue weighted by atomic mass is 10.1. The third-order valence-electron chi connectivity index (χ3n) is 3.85. The van der Waals surface area contributed by atoms with Gasteiger partial charge in [-0.3, -0.25) is 4.99 Å². The first kappa shape index (κ1) is 22.2. The lowest BCUT2D eigenvalue weighted by molar-refractivity contribution is 0.445. The normalized spacial score (nSPS) is 14.1. The molecule has 0 fully saturated rings. The Balaban J connectivity index is 4.16. The molecule has 0 saturated heterocycles. The molecular weight excluding hydrogens is 312 g/mol. The third-order valence-corrected chi connectivity index (χ3v) is 5.87. The Morgan fingerprint density at radius 3 is 2.30 bits per heavy atom. The molecule has 0 aliphatic carbocycles. The zero-order chi connectivity index (χ0) is 17.7. The number of sulfonamides is 1. The van der Waals surface area contributed by atoms with E-state index in [9.17, 15) is 8.42 Å². The van der Waals surface area contributed by atoms with Crippen LogP contribution >= 0.6 is 0 Å². The molecule has 0 rings (SSSR count). The molecule has 138 valence electrons. The van der Waals surface area contributed by atoms with Crippen molar-refractivity contribution in [1.82, 2.24) is 14.9 Å². The van der Waals surface area contributed by atoms with Gasteiger partial charge in [-0.15, -0.1) is 0 Å². The summed E-state index contributed by atoms with van der Waals surface area (Å²) < 4.78 is 25.7. The van der Waals surface area contributed by atoms with E-state index in [0.29, 0.717) is 31.6 Å². The van der Waals surface area contributed by atoms with Crippen LogP contribution in [0, 0.1) is 0 Å². The number of unbranched alkanes of at least 4 members (excludes halogenated alkanes) is 3. The molecule has 1 unspecified atom stereocenters. The lowest BCUT2D eigenvalue weighted by Crippen LogP contribution is -2.45. The number of hydrogen-bond donors (Lipinski definition) is 2. The summed E-state index contributed by atoms with van der Waals surface area (Å²) in [6.07, 6.45) is 6.08. The van der Waals surface area contributed by atoms with Crippen LogP contribution in [0.5, 0.6) is 0 Å². The fourth-order valence-electron chi connectivity index (χ4n) is 2.42. The second-order valence-corrected chi connectivity index (χ2v) is 7.88. The minimum atomic E-state index is -3.19. The maximum atomic E-state index is 12.1. The second kappa shape index (κ2) is 12.6. The van der Waals surface area contributed by atoms with Crippen LogP contribution in [0.25, 0.3) is 0 Å². The molecule has 23 heavy (non-hydrogen) atoms. The maximum absolute atomic E-state index is 12.1. The predicted molar refractivity (Wildman–Crippen MR) is 99.4 cm³/mol. The third kappa shape index (κ3) is 9.81. The van der Waals surface area contributed by atoms with Gasteiger partial charge in [0.2, 0.25) is 10.0 Å². The highest BCUT2D eigenvalue weighted by Gasteiger charge is 2.18. The standard InChI is InChI=1S/C16H36N4O2S/c1-6-9-10-11-12-15(4)19-16(17-5)18-13-14-23(21,22)20(7-2)8-3/h15H,6-14H2,1-5H3,(H2,17,18,19). The van der Waals surface area contributed by atoms with E-state index in [1.807, 2.05) is 13.8 Å². The van der Waals surface area contributed by atoms with Crippen molar-refractivity contribution in [3.8, 4) is 0 Å². The number of guanidine groups is 1. The minimum absolute atomic E-state index is 0.0836. The highest BCUT2D eigenvalue weighted by atomic mass is 32.2. The van der Waals surface area contributed by atoms with E-state index in [1.54, 1.807) is 7.05 Å². The van der Waals surface area contributed by atoms with Gasteiger partial charge in [0.25, 0.3) is 0 Å². The molecule has 0 aromatic carbocycles. The Bertz CT molecular complexity index is 420. The molecule has 0 saturated carbocycles. The Morgan fingerprint density at radius 2 is 1.78 bits per heavy atom.